The molecule has 0 saturated heterocycles. The fraction of sp³-hybridized carbons (Fsp3) is 0.136. The number of benzene rings is 3. The van der Waals surface area contributed by atoms with E-state index >= 15 is 0 Å². The number of hydrogen-bond donors (Lipinski definition) is 2. The zero-order chi connectivity index (χ0) is 20.3. The molecule has 0 fully saturated rings. The third kappa shape index (κ3) is 4.23. The number of sulfonamides is 1. The molecule has 3 aromatic carbocycles. The van der Waals surface area contributed by atoms with Gasteiger partial charge in [0.2, 0.25) is 15.9 Å². The van der Waals surface area contributed by atoms with E-state index in [-0.39, 0.29) is 0 Å². The number of anilines is 1. The summed E-state index contributed by atoms with van der Waals surface area (Å²) in [6.07, 6.45) is 0. The third-order valence-corrected chi connectivity index (χ3v) is 6.23. The Kier molecular flexibility index (Phi) is 5.51. The van der Waals surface area contributed by atoms with Gasteiger partial charge in [0.1, 0.15) is 0 Å². The van der Waals surface area contributed by atoms with E-state index in [0.29, 0.717) is 11.3 Å². The lowest BCUT2D eigenvalue weighted by molar-refractivity contribution is 0.100. The van der Waals surface area contributed by atoms with Crippen molar-refractivity contribution in [1.82, 2.24) is 0 Å². The minimum Gasteiger partial charge on any atom is -0.366 e. The van der Waals surface area contributed by atoms with Gasteiger partial charge < -0.3 is 5.73 Å². The van der Waals surface area contributed by atoms with Crippen LogP contribution in [0.4, 0.5) is 5.69 Å². The summed E-state index contributed by atoms with van der Waals surface area (Å²) >= 11 is 0. The second-order valence-corrected chi connectivity index (χ2v) is 9.00. The predicted molar refractivity (Wildman–Crippen MR) is 114 cm³/mol. The van der Waals surface area contributed by atoms with E-state index in [1.807, 2.05) is 48.5 Å². The van der Waals surface area contributed by atoms with Crippen LogP contribution >= 0.6 is 0 Å². The lowest BCUT2D eigenvalue weighted by Crippen LogP contribution is -2.22. The van der Waals surface area contributed by atoms with Crippen molar-refractivity contribution in [3.8, 4) is 22.3 Å². The minimum atomic E-state index is -3.40. The summed E-state index contributed by atoms with van der Waals surface area (Å²) in [5, 5.41) is -0.513. The number of nitrogens with two attached hydrogens (primary N) is 1. The Hall–Kier alpha value is -3.12. The molecule has 0 radical (unpaired) electrons. The standard InChI is InChI=1S/C22H22N2O3S/c1-15(2)28(26,27)24-19-7-5-6-18(14-19)16-10-12-17(13-11-16)20-8-3-4-9-21(20)22(23)25/h3-15,24H,1-2H3,(H2,23,25). The summed E-state index contributed by atoms with van der Waals surface area (Å²) in [5.41, 5.74) is 9.95. The van der Waals surface area contributed by atoms with E-state index in [2.05, 4.69) is 4.72 Å². The van der Waals surface area contributed by atoms with E-state index in [1.54, 1.807) is 38.1 Å². The number of hydrogen-bond acceptors (Lipinski definition) is 3. The van der Waals surface area contributed by atoms with Crippen molar-refractivity contribution in [2.75, 3.05) is 4.72 Å². The van der Waals surface area contributed by atoms with E-state index < -0.39 is 21.2 Å². The maximum Gasteiger partial charge on any atom is 0.249 e. The first-order valence-corrected chi connectivity index (χ1v) is 10.4. The number of carbonyl (C=O) groups is 1. The molecule has 0 aliphatic carbocycles. The van der Waals surface area contributed by atoms with Crippen LogP contribution in [0.5, 0.6) is 0 Å². The fourth-order valence-electron chi connectivity index (χ4n) is 2.84. The first kappa shape index (κ1) is 19.6. The second kappa shape index (κ2) is 7.86. The lowest BCUT2D eigenvalue weighted by atomic mass is 9.96. The Morgan fingerprint density at radius 2 is 1.50 bits per heavy atom. The maximum atomic E-state index is 12.1. The van der Waals surface area contributed by atoms with Crippen molar-refractivity contribution >= 4 is 21.6 Å². The highest BCUT2D eigenvalue weighted by Crippen LogP contribution is 2.28. The molecule has 0 aliphatic rings. The molecule has 6 heteroatoms. The van der Waals surface area contributed by atoms with E-state index in [1.165, 1.54) is 0 Å². The summed E-state index contributed by atoms with van der Waals surface area (Å²) in [6.45, 7) is 3.27. The van der Waals surface area contributed by atoms with Crippen molar-refractivity contribution in [2.24, 2.45) is 5.73 Å². The molecule has 0 aromatic heterocycles. The monoisotopic (exact) mass is 394 g/mol. The summed E-state index contributed by atoms with van der Waals surface area (Å²) in [6, 6.07) is 22.2. The molecule has 0 atom stereocenters. The summed E-state index contributed by atoms with van der Waals surface area (Å²) in [5.74, 6) is -0.468. The molecule has 3 rings (SSSR count). The minimum absolute atomic E-state index is 0.468. The van der Waals surface area contributed by atoms with Crippen LogP contribution in [0.2, 0.25) is 0 Å². The topological polar surface area (TPSA) is 89.3 Å². The van der Waals surface area contributed by atoms with Gasteiger partial charge in [-0.2, -0.15) is 0 Å². The molecule has 0 aliphatic heterocycles. The van der Waals surface area contributed by atoms with Gasteiger partial charge in [-0.05, 0) is 54.3 Å². The van der Waals surface area contributed by atoms with Crippen LogP contribution in [0.25, 0.3) is 22.3 Å². The number of rotatable bonds is 6. The first-order chi connectivity index (χ1) is 13.3. The normalized spacial score (nSPS) is 11.4. The quantitative estimate of drug-likeness (QED) is 0.654. The van der Waals surface area contributed by atoms with Crippen LogP contribution in [-0.4, -0.2) is 19.6 Å². The molecule has 3 aromatic rings. The van der Waals surface area contributed by atoms with Crippen molar-refractivity contribution in [2.45, 2.75) is 19.1 Å². The zero-order valence-electron chi connectivity index (χ0n) is 15.7. The van der Waals surface area contributed by atoms with Crippen molar-refractivity contribution in [3.05, 3.63) is 78.4 Å². The highest BCUT2D eigenvalue weighted by molar-refractivity contribution is 7.93. The van der Waals surface area contributed by atoms with Gasteiger partial charge in [0.15, 0.2) is 0 Å². The molecule has 0 unspecified atom stereocenters. The highest BCUT2D eigenvalue weighted by atomic mass is 32.2. The van der Waals surface area contributed by atoms with Gasteiger partial charge in [-0.25, -0.2) is 8.42 Å². The average molecular weight is 394 g/mol. The lowest BCUT2D eigenvalue weighted by Gasteiger charge is -2.12. The molecule has 1 amide bonds. The smallest absolute Gasteiger partial charge is 0.249 e. The Labute approximate surface area is 165 Å². The number of carbonyl (C=O) groups excluding carboxylic acids is 1. The van der Waals surface area contributed by atoms with Crippen LogP contribution in [0, 0.1) is 0 Å². The highest BCUT2D eigenvalue weighted by Gasteiger charge is 2.15. The van der Waals surface area contributed by atoms with Crippen molar-refractivity contribution in [3.63, 3.8) is 0 Å². The fourth-order valence-corrected chi connectivity index (χ4v) is 3.53. The van der Waals surface area contributed by atoms with E-state index in [0.717, 1.165) is 22.3 Å². The van der Waals surface area contributed by atoms with E-state index in [4.69, 9.17) is 5.73 Å². The van der Waals surface area contributed by atoms with Crippen LogP contribution in [-0.2, 0) is 10.0 Å². The number of nitrogens with one attached hydrogen (secondary N) is 1. The number of amides is 1. The van der Waals surface area contributed by atoms with Gasteiger partial charge in [-0.3, -0.25) is 9.52 Å². The second-order valence-electron chi connectivity index (χ2n) is 6.76. The molecule has 5 nitrogen and oxygen atoms in total. The Morgan fingerprint density at radius 1 is 0.857 bits per heavy atom. The molecular weight excluding hydrogens is 372 g/mol. The summed E-state index contributed by atoms with van der Waals surface area (Å²) in [7, 11) is -3.40. The molecule has 0 saturated carbocycles. The third-order valence-electron chi connectivity index (χ3n) is 4.47. The first-order valence-electron chi connectivity index (χ1n) is 8.89. The summed E-state index contributed by atoms with van der Waals surface area (Å²) < 4.78 is 26.8. The Morgan fingerprint density at radius 3 is 2.14 bits per heavy atom. The van der Waals surface area contributed by atoms with Crippen LogP contribution < -0.4 is 10.5 Å². The summed E-state index contributed by atoms with van der Waals surface area (Å²) in [4.78, 5) is 11.6. The van der Waals surface area contributed by atoms with Crippen LogP contribution in [0.1, 0.15) is 24.2 Å². The molecule has 28 heavy (non-hydrogen) atoms. The Bertz CT molecular complexity index is 1100. The van der Waals surface area contributed by atoms with Gasteiger partial charge in [0.05, 0.1) is 5.25 Å². The maximum absolute atomic E-state index is 12.1. The molecule has 0 spiro atoms. The van der Waals surface area contributed by atoms with Gasteiger partial charge in [-0.1, -0.05) is 54.6 Å². The SMILES string of the molecule is CC(C)S(=O)(=O)Nc1cccc(-c2ccc(-c3ccccc3C(N)=O)cc2)c1. The van der Waals surface area contributed by atoms with Gasteiger partial charge in [0, 0.05) is 11.3 Å². The molecule has 0 bridgehead atoms. The van der Waals surface area contributed by atoms with Crippen LogP contribution in [0.15, 0.2) is 72.8 Å². The van der Waals surface area contributed by atoms with Crippen LogP contribution in [0.3, 0.4) is 0 Å². The molecule has 0 heterocycles. The average Bonchev–Trinajstić information content (AvgIpc) is 2.68. The number of primary amides is 1. The zero-order valence-corrected chi connectivity index (χ0v) is 16.5. The van der Waals surface area contributed by atoms with Crippen molar-refractivity contribution in [1.29, 1.82) is 0 Å². The van der Waals surface area contributed by atoms with Gasteiger partial charge in [-0.15, -0.1) is 0 Å². The van der Waals surface area contributed by atoms with Gasteiger partial charge in [0.25, 0.3) is 0 Å². The largest absolute Gasteiger partial charge is 0.366 e. The van der Waals surface area contributed by atoms with Crippen molar-refractivity contribution < 1.29 is 13.2 Å². The Balaban J connectivity index is 1.91. The molecular formula is C22H22N2O3S. The molecule has 3 N–H and O–H groups in total. The molecule has 144 valence electrons. The van der Waals surface area contributed by atoms with Gasteiger partial charge >= 0.3 is 0 Å². The predicted octanol–water partition coefficient (Wildman–Crippen LogP) is 4.27. The van der Waals surface area contributed by atoms with E-state index in [9.17, 15) is 13.2 Å².